The topological polar surface area (TPSA) is 81.8 Å². The molecule has 3 rings (SSSR count). The van der Waals surface area contributed by atoms with Gasteiger partial charge in [-0.05, 0) is 19.2 Å². The van der Waals surface area contributed by atoms with E-state index in [1.807, 2.05) is 19.2 Å². The molecule has 2 aromatic rings. The van der Waals surface area contributed by atoms with Crippen LogP contribution in [0.25, 0.3) is 0 Å². The summed E-state index contributed by atoms with van der Waals surface area (Å²) in [6.07, 6.45) is 3.61. The fourth-order valence-electron chi connectivity index (χ4n) is 2.48. The van der Waals surface area contributed by atoms with Crippen LogP contribution in [0.4, 0.5) is 11.8 Å². The zero-order chi connectivity index (χ0) is 16.2. The molecular weight excluding hydrogens is 310 g/mol. The fraction of sp³-hybridized carbons (Fsp3) is 0.400. The van der Waals surface area contributed by atoms with Crippen LogP contribution < -0.4 is 9.80 Å². The predicted molar refractivity (Wildman–Crippen MR) is 89.7 cm³/mol. The van der Waals surface area contributed by atoms with Crippen molar-refractivity contribution < 1.29 is 0 Å². The number of nitriles is 1. The monoisotopic (exact) mass is 327 g/mol. The minimum Gasteiger partial charge on any atom is -0.353 e. The molecule has 0 unspecified atom stereocenters. The number of hydrogen-bond acceptors (Lipinski definition) is 8. The second-order valence-electron chi connectivity index (χ2n) is 5.18. The molecule has 1 fully saturated rings. The van der Waals surface area contributed by atoms with Crippen LogP contribution in [-0.2, 0) is 0 Å². The number of piperazine rings is 1. The van der Waals surface area contributed by atoms with Crippen LogP contribution in [-0.4, -0.2) is 52.4 Å². The van der Waals surface area contributed by atoms with Gasteiger partial charge in [0.15, 0.2) is 5.16 Å². The fourth-order valence-corrected chi connectivity index (χ4v) is 2.90. The number of thioether (sulfide) groups is 1. The molecule has 0 aliphatic carbocycles. The highest BCUT2D eigenvalue weighted by Gasteiger charge is 2.20. The maximum atomic E-state index is 8.94. The summed E-state index contributed by atoms with van der Waals surface area (Å²) in [5.41, 5.74) is 1.38. The molecule has 7 nitrogen and oxygen atoms in total. The standard InChI is InChI=1S/C15H17N7S/c1-11-9-13(20-15(18-11)23-2)21-5-7-22(8-6-21)14-17-4-3-12(10-16)19-14/h3-4,9H,5-8H2,1-2H3. The van der Waals surface area contributed by atoms with Gasteiger partial charge in [0.1, 0.15) is 17.6 Å². The summed E-state index contributed by atoms with van der Waals surface area (Å²) >= 11 is 1.55. The smallest absolute Gasteiger partial charge is 0.226 e. The van der Waals surface area contributed by atoms with Crippen LogP contribution in [0.1, 0.15) is 11.4 Å². The summed E-state index contributed by atoms with van der Waals surface area (Å²) in [5, 5.41) is 9.74. The van der Waals surface area contributed by atoms with E-state index in [1.54, 1.807) is 24.0 Å². The summed E-state index contributed by atoms with van der Waals surface area (Å²) in [5.74, 6) is 1.58. The normalized spacial score (nSPS) is 14.7. The van der Waals surface area contributed by atoms with E-state index in [9.17, 15) is 0 Å². The zero-order valence-electron chi connectivity index (χ0n) is 13.1. The van der Waals surface area contributed by atoms with E-state index in [0.29, 0.717) is 11.6 Å². The van der Waals surface area contributed by atoms with E-state index in [0.717, 1.165) is 42.8 Å². The third-order valence-corrected chi connectivity index (χ3v) is 4.19. The molecule has 23 heavy (non-hydrogen) atoms. The Kier molecular flexibility index (Phi) is 4.57. The number of hydrogen-bond donors (Lipinski definition) is 0. The highest BCUT2D eigenvalue weighted by molar-refractivity contribution is 7.98. The van der Waals surface area contributed by atoms with Gasteiger partial charge in [-0.25, -0.2) is 19.9 Å². The summed E-state index contributed by atoms with van der Waals surface area (Å²) < 4.78 is 0. The summed E-state index contributed by atoms with van der Waals surface area (Å²) in [4.78, 5) is 21.9. The highest BCUT2D eigenvalue weighted by atomic mass is 32.2. The van der Waals surface area contributed by atoms with Gasteiger partial charge in [-0.1, -0.05) is 11.8 Å². The second-order valence-corrected chi connectivity index (χ2v) is 5.96. The van der Waals surface area contributed by atoms with Crippen LogP contribution >= 0.6 is 11.8 Å². The number of rotatable bonds is 3. The molecule has 1 aliphatic heterocycles. The molecule has 0 amide bonds. The van der Waals surface area contributed by atoms with Crippen molar-refractivity contribution in [1.29, 1.82) is 5.26 Å². The lowest BCUT2D eigenvalue weighted by Crippen LogP contribution is -2.47. The summed E-state index contributed by atoms with van der Waals surface area (Å²) in [6.45, 7) is 5.26. The first kappa shape index (κ1) is 15.5. The average Bonchev–Trinajstić information content (AvgIpc) is 2.61. The van der Waals surface area contributed by atoms with Crippen molar-refractivity contribution in [3.8, 4) is 6.07 Å². The van der Waals surface area contributed by atoms with Crippen molar-refractivity contribution in [3.05, 3.63) is 29.7 Å². The van der Waals surface area contributed by atoms with Crippen molar-refractivity contribution >= 4 is 23.5 Å². The maximum Gasteiger partial charge on any atom is 0.226 e. The SMILES string of the molecule is CSc1nc(C)cc(N2CCN(c3nccc(C#N)n3)CC2)n1. The first-order chi connectivity index (χ1) is 11.2. The molecule has 0 bridgehead atoms. The maximum absolute atomic E-state index is 8.94. The largest absolute Gasteiger partial charge is 0.353 e. The lowest BCUT2D eigenvalue weighted by molar-refractivity contribution is 0.630. The van der Waals surface area contributed by atoms with Crippen LogP contribution in [0.3, 0.4) is 0 Å². The van der Waals surface area contributed by atoms with Gasteiger partial charge in [0.2, 0.25) is 5.95 Å². The van der Waals surface area contributed by atoms with Gasteiger partial charge in [-0.15, -0.1) is 0 Å². The van der Waals surface area contributed by atoms with Gasteiger partial charge in [0.05, 0.1) is 0 Å². The first-order valence-electron chi connectivity index (χ1n) is 7.32. The lowest BCUT2D eigenvalue weighted by Gasteiger charge is -2.35. The zero-order valence-corrected chi connectivity index (χ0v) is 13.9. The second kappa shape index (κ2) is 6.79. The third kappa shape index (κ3) is 3.51. The molecule has 0 radical (unpaired) electrons. The third-order valence-electron chi connectivity index (χ3n) is 3.65. The van der Waals surface area contributed by atoms with Crippen molar-refractivity contribution in [1.82, 2.24) is 19.9 Å². The van der Waals surface area contributed by atoms with Gasteiger partial charge in [-0.3, -0.25) is 0 Å². The number of aryl methyl sites for hydroxylation is 1. The highest BCUT2D eigenvalue weighted by Crippen LogP contribution is 2.20. The Labute approximate surface area is 139 Å². The van der Waals surface area contributed by atoms with Gasteiger partial charge < -0.3 is 9.80 Å². The Morgan fingerprint density at radius 2 is 1.87 bits per heavy atom. The van der Waals surface area contributed by atoms with E-state index in [1.165, 1.54) is 0 Å². The first-order valence-corrected chi connectivity index (χ1v) is 8.55. The quantitative estimate of drug-likeness (QED) is 0.619. The summed E-state index contributed by atoms with van der Waals surface area (Å²) in [7, 11) is 0. The van der Waals surface area contributed by atoms with E-state index >= 15 is 0 Å². The predicted octanol–water partition coefficient (Wildman–Crippen LogP) is 1.50. The minimum absolute atomic E-state index is 0.397. The molecule has 118 valence electrons. The van der Waals surface area contributed by atoms with Crippen molar-refractivity contribution in [2.75, 3.05) is 42.2 Å². The van der Waals surface area contributed by atoms with Gasteiger partial charge in [0, 0.05) is 44.1 Å². The van der Waals surface area contributed by atoms with Crippen molar-refractivity contribution in [2.45, 2.75) is 12.1 Å². The van der Waals surface area contributed by atoms with Crippen molar-refractivity contribution in [2.24, 2.45) is 0 Å². The lowest BCUT2D eigenvalue weighted by atomic mass is 10.3. The molecule has 1 aliphatic rings. The number of anilines is 2. The van der Waals surface area contributed by atoms with Crippen LogP contribution in [0.15, 0.2) is 23.5 Å². The van der Waals surface area contributed by atoms with E-state index < -0.39 is 0 Å². The molecule has 3 heterocycles. The molecular formula is C15H17N7S. The Morgan fingerprint density at radius 3 is 2.57 bits per heavy atom. The van der Waals surface area contributed by atoms with Crippen LogP contribution in [0.5, 0.6) is 0 Å². The number of aromatic nitrogens is 4. The van der Waals surface area contributed by atoms with Crippen LogP contribution in [0.2, 0.25) is 0 Å². The Balaban J connectivity index is 1.71. The van der Waals surface area contributed by atoms with Gasteiger partial charge >= 0.3 is 0 Å². The Hall–Kier alpha value is -2.40. The molecule has 0 atom stereocenters. The van der Waals surface area contributed by atoms with Crippen LogP contribution in [0, 0.1) is 18.3 Å². The number of nitrogens with zero attached hydrogens (tertiary/aromatic N) is 7. The Morgan fingerprint density at radius 1 is 1.13 bits per heavy atom. The van der Waals surface area contributed by atoms with Gasteiger partial charge in [-0.2, -0.15) is 5.26 Å². The van der Waals surface area contributed by atoms with Gasteiger partial charge in [0.25, 0.3) is 0 Å². The van der Waals surface area contributed by atoms with Crippen molar-refractivity contribution in [3.63, 3.8) is 0 Å². The molecule has 0 spiro atoms. The van der Waals surface area contributed by atoms with E-state index in [2.05, 4.69) is 35.8 Å². The molecule has 8 heteroatoms. The average molecular weight is 327 g/mol. The summed E-state index contributed by atoms with van der Waals surface area (Å²) in [6, 6.07) is 5.69. The molecule has 0 saturated carbocycles. The Bertz CT molecular complexity index is 735. The minimum atomic E-state index is 0.397. The molecule has 2 aromatic heterocycles. The molecule has 1 saturated heterocycles. The van der Waals surface area contributed by atoms with E-state index in [4.69, 9.17) is 5.26 Å². The van der Waals surface area contributed by atoms with E-state index in [-0.39, 0.29) is 0 Å². The molecule has 0 aromatic carbocycles. The molecule has 0 N–H and O–H groups in total.